The molecule has 1 unspecified atom stereocenters. The molecule has 17 heavy (non-hydrogen) atoms. The SMILES string of the molecule is CC(CS)COc1c(Cl)cc([N+](=O)[O-])cc1Cl. The summed E-state index contributed by atoms with van der Waals surface area (Å²) in [6.45, 7) is 2.36. The third kappa shape index (κ3) is 3.94. The van der Waals surface area contributed by atoms with E-state index < -0.39 is 4.92 Å². The summed E-state index contributed by atoms with van der Waals surface area (Å²) >= 11 is 15.9. The molecule has 94 valence electrons. The molecule has 0 bridgehead atoms. The van der Waals surface area contributed by atoms with Gasteiger partial charge in [0.25, 0.3) is 5.69 Å². The Hall–Kier alpha value is -0.650. The molecule has 0 N–H and O–H groups in total. The monoisotopic (exact) mass is 295 g/mol. The summed E-state index contributed by atoms with van der Waals surface area (Å²) < 4.78 is 5.42. The van der Waals surface area contributed by atoms with Crippen molar-refractivity contribution in [3.8, 4) is 5.75 Å². The number of ether oxygens (including phenoxy) is 1. The van der Waals surface area contributed by atoms with E-state index >= 15 is 0 Å². The molecular weight excluding hydrogens is 285 g/mol. The molecular formula is C10H11Cl2NO3S. The second kappa shape index (κ2) is 6.33. The predicted octanol–water partition coefficient (Wildman–Crippen LogP) is 3.85. The van der Waals surface area contributed by atoms with Crippen molar-refractivity contribution in [2.24, 2.45) is 5.92 Å². The molecule has 1 aromatic carbocycles. The van der Waals surface area contributed by atoms with Gasteiger partial charge in [0.15, 0.2) is 5.75 Å². The first-order valence-corrected chi connectivity index (χ1v) is 6.21. The lowest BCUT2D eigenvalue weighted by atomic mass is 10.2. The van der Waals surface area contributed by atoms with E-state index in [1.54, 1.807) is 0 Å². The normalized spacial score (nSPS) is 12.2. The van der Waals surface area contributed by atoms with Crippen LogP contribution in [-0.2, 0) is 0 Å². The Kier molecular flexibility index (Phi) is 5.36. The van der Waals surface area contributed by atoms with E-state index in [-0.39, 0.29) is 27.4 Å². The lowest BCUT2D eigenvalue weighted by Crippen LogP contribution is -2.10. The first kappa shape index (κ1) is 14.4. The zero-order chi connectivity index (χ0) is 13.0. The van der Waals surface area contributed by atoms with Gasteiger partial charge >= 0.3 is 0 Å². The summed E-state index contributed by atoms with van der Waals surface area (Å²) in [5, 5.41) is 10.8. The number of nitro benzene ring substituents is 1. The molecule has 0 radical (unpaired) electrons. The topological polar surface area (TPSA) is 52.4 Å². The summed E-state index contributed by atoms with van der Waals surface area (Å²) in [5.41, 5.74) is -0.158. The van der Waals surface area contributed by atoms with Crippen LogP contribution < -0.4 is 4.74 Å². The van der Waals surface area contributed by atoms with Crippen molar-refractivity contribution in [2.75, 3.05) is 12.4 Å². The minimum absolute atomic E-state index is 0.135. The Morgan fingerprint density at radius 2 is 2.00 bits per heavy atom. The van der Waals surface area contributed by atoms with E-state index in [1.165, 1.54) is 12.1 Å². The molecule has 0 aromatic heterocycles. The number of nitrogens with zero attached hydrogens (tertiary/aromatic N) is 1. The van der Waals surface area contributed by atoms with Crippen LogP contribution in [0, 0.1) is 16.0 Å². The molecule has 0 amide bonds. The molecule has 4 nitrogen and oxygen atoms in total. The number of benzene rings is 1. The number of rotatable bonds is 5. The van der Waals surface area contributed by atoms with Gasteiger partial charge in [-0.1, -0.05) is 30.1 Å². The molecule has 0 aliphatic rings. The molecule has 0 aliphatic carbocycles. The highest BCUT2D eigenvalue weighted by molar-refractivity contribution is 7.80. The summed E-state index contributed by atoms with van der Waals surface area (Å²) in [7, 11) is 0. The highest BCUT2D eigenvalue weighted by Crippen LogP contribution is 2.36. The Labute approximate surface area is 114 Å². The molecule has 0 heterocycles. The maximum atomic E-state index is 10.6. The van der Waals surface area contributed by atoms with Gasteiger partial charge in [-0.25, -0.2) is 0 Å². The highest BCUT2D eigenvalue weighted by atomic mass is 35.5. The van der Waals surface area contributed by atoms with Gasteiger partial charge in [-0.3, -0.25) is 10.1 Å². The zero-order valence-electron chi connectivity index (χ0n) is 9.02. The average molecular weight is 296 g/mol. The van der Waals surface area contributed by atoms with Crippen LogP contribution in [0.15, 0.2) is 12.1 Å². The molecule has 0 spiro atoms. The Morgan fingerprint density at radius 3 is 2.41 bits per heavy atom. The van der Waals surface area contributed by atoms with Crippen LogP contribution >= 0.6 is 35.8 Å². The molecule has 7 heteroatoms. The summed E-state index contributed by atoms with van der Waals surface area (Å²) in [6, 6.07) is 2.43. The largest absolute Gasteiger partial charge is 0.490 e. The average Bonchev–Trinajstić information content (AvgIpc) is 2.27. The van der Waals surface area contributed by atoms with Crippen molar-refractivity contribution >= 4 is 41.5 Å². The highest BCUT2D eigenvalue weighted by Gasteiger charge is 2.16. The van der Waals surface area contributed by atoms with Crippen LogP contribution in [0.25, 0.3) is 0 Å². The quantitative estimate of drug-likeness (QED) is 0.510. The second-order valence-electron chi connectivity index (χ2n) is 3.59. The smallest absolute Gasteiger partial charge is 0.272 e. The van der Waals surface area contributed by atoms with Gasteiger partial charge in [0.05, 0.1) is 21.6 Å². The lowest BCUT2D eigenvalue weighted by molar-refractivity contribution is -0.384. The fraction of sp³-hybridized carbons (Fsp3) is 0.400. The van der Waals surface area contributed by atoms with E-state index in [0.717, 1.165) is 0 Å². The molecule has 1 atom stereocenters. The fourth-order valence-corrected chi connectivity index (χ4v) is 1.76. The molecule has 0 saturated carbocycles. The second-order valence-corrected chi connectivity index (χ2v) is 4.77. The number of thiol groups is 1. The van der Waals surface area contributed by atoms with E-state index in [1.807, 2.05) is 6.92 Å². The summed E-state index contributed by atoms with van der Waals surface area (Å²) in [6.07, 6.45) is 0. The van der Waals surface area contributed by atoms with Gasteiger partial charge < -0.3 is 4.74 Å². The minimum atomic E-state index is -0.558. The first-order valence-electron chi connectivity index (χ1n) is 4.82. The van der Waals surface area contributed by atoms with E-state index in [2.05, 4.69) is 12.6 Å². The number of halogens is 2. The fourth-order valence-electron chi connectivity index (χ4n) is 1.07. The number of non-ortho nitro benzene ring substituents is 1. The lowest BCUT2D eigenvalue weighted by Gasteiger charge is -2.12. The van der Waals surface area contributed by atoms with Crippen molar-refractivity contribution in [3.63, 3.8) is 0 Å². The van der Waals surface area contributed by atoms with Gasteiger partial charge in [-0.15, -0.1) is 0 Å². The van der Waals surface area contributed by atoms with Crippen molar-refractivity contribution in [1.82, 2.24) is 0 Å². The van der Waals surface area contributed by atoms with Crippen LogP contribution in [0.2, 0.25) is 10.0 Å². The summed E-state index contributed by atoms with van der Waals surface area (Å²) in [4.78, 5) is 10.0. The van der Waals surface area contributed by atoms with Crippen LogP contribution in [0.1, 0.15) is 6.92 Å². The number of nitro groups is 1. The van der Waals surface area contributed by atoms with Crippen LogP contribution in [0.3, 0.4) is 0 Å². The third-order valence-corrected chi connectivity index (χ3v) is 3.20. The van der Waals surface area contributed by atoms with Gasteiger partial charge in [-0.05, 0) is 11.7 Å². The van der Waals surface area contributed by atoms with Gasteiger partial charge in [0.2, 0.25) is 0 Å². The maximum absolute atomic E-state index is 10.6. The molecule has 1 rings (SSSR count). The minimum Gasteiger partial charge on any atom is -0.490 e. The molecule has 0 aliphatic heterocycles. The molecule has 1 aromatic rings. The number of hydrogen-bond acceptors (Lipinski definition) is 4. The van der Waals surface area contributed by atoms with Gasteiger partial charge in [0, 0.05) is 12.1 Å². The Morgan fingerprint density at radius 1 is 1.47 bits per heavy atom. The Balaban J connectivity index is 2.90. The van der Waals surface area contributed by atoms with E-state index in [4.69, 9.17) is 27.9 Å². The number of hydrogen-bond donors (Lipinski definition) is 1. The Bertz CT molecular complexity index is 405. The van der Waals surface area contributed by atoms with Crippen LogP contribution in [0.5, 0.6) is 5.75 Å². The standard InChI is InChI=1S/C10H11Cl2NO3S/c1-6(5-17)4-16-10-8(11)2-7(13(14)15)3-9(10)12/h2-3,6,17H,4-5H2,1H3. The van der Waals surface area contributed by atoms with Crippen LogP contribution in [-0.4, -0.2) is 17.3 Å². The van der Waals surface area contributed by atoms with Crippen molar-refractivity contribution in [1.29, 1.82) is 0 Å². The van der Waals surface area contributed by atoms with E-state index in [9.17, 15) is 10.1 Å². The van der Waals surface area contributed by atoms with Gasteiger partial charge in [-0.2, -0.15) is 12.6 Å². The van der Waals surface area contributed by atoms with Crippen molar-refractivity contribution in [2.45, 2.75) is 6.92 Å². The molecule has 0 saturated heterocycles. The van der Waals surface area contributed by atoms with Gasteiger partial charge in [0.1, 0.15) is 0 Å². The predicted molar refractivity (Wildman–Crippen MR) is 71.6 cm³/mol. The summed E-state index contributed by atoms with van der Waals surface area (Å²) in [5.74, 6) is 1.18. The zero-order valence-corrected chi connectivity index (χ0v) is 11.4. The maximum Gasteiger partial charge on any atom is 0.272 e. The van der Waals surface area contributed by atoms with E-state index in [0.29, 0.717) is 12.4 Å². The molecule has 0 fully saturated rings. The first-order chi connectivity index (χ1) is 7.95. The van der Waals surface area contributed by atoms with Crippen molar-refractivity contribution < 1.29 is 9.66 Å². The third-order valence-electron chi connectivity index (χ3n) is 2.02. The van der Waals surface area contributed by atoms with Crippen LogP contribution in [0.4, 0.5) is 5.69 Å². The van der Waals surface area contributed by atoms with Crippen molar-refractivity contribution in [3.05, 3.63) is 32.3 Å².